The molecule has 0 atom stereocenters. The first kappa shape index (κ1) is 8.60. The second kappa shape index (κ2) is 3.40. The molecular formula is C9H6Cl2N2. The lowest BCUT2D eigenvalue weighted by molar-refractivity contribution is 1.34. The third-order valence-corrected chi connectivity index (χ3v) is 1.94. The average molecular weight is 213 g/mol. The van der Waals surface area contributed by atoms with E-state index in [2.05, 4.69) is 9.97 Å². The molecule has 0 bridgehead atoms. The van der Waals surface area contributed by atoms with Crippen LogP contribution in [0, 0.1) is 0 Å². The molecule has 1 N–H and O–H groups in total. The second-order valence-corrected chi connectivity index (χ2v) is 3.62. The van der Waals surface area contributed by atoms with Gasteiger partial charge in [-0.05, 0) is 23.8 Å². The van der Waals surface area contributed by atoms with Crippen LogP contribution in [0.4, 0.5) is 0 Å². The van der Waals surface area contributed by atoms with Crippen molar-refractivity contribution in [2.75, 3.05) is 0 Å². The molecule has 2 aromatic rings. The fourth-order valence-electron chi connectivity index (χ4n) is 1.16. The number of nitrogens with zero attached hydrogens (tertiary/aromatic N) is 1. The normalized spacial score (nSPS) is 10.3. The number of nitrogens with one attached hydrogen (secondary N) is 1. The van der Waals surface area contributed by atoms with Crippen LogP contribution < -0.4 is 0 Å². The molecule has 1 heterocycles. The van der Waals surface area contributed by atoms with E-state index in [1.54, 1.807) is 12.4 Å². The van der Waals surface area contributed by atoms with E-state index in [1.807, 2.05) is 18.2 Å². The summed E-state index contributed by atoms with van der Waals surface area (Å²) in [5.74, 6) is 0. The molecule has 0 aliphatic rings. The summed E-state index contributed by atoms with van der Waals surface area (Å²) < 4.78 is 0.245. The van der Waals surface area contributed by atoms with Gasteiger partial charge in [0.25, 0.3) is 0 Å². The Morgan fingerprint density at radius 1 is 1.38 bits per heavy atom. The Hall–Kier alpha value is -0.990. The molecule has 0 spiro atoms. The third kappa shape index (κ3) is 1.85. The molecule has 0 amide bonds. The fraction of sp³-hybridized carbons (Fsp3) is 0. The first-order valence-corrected chi connectivity index (χ1v) is 4.47. The van der Waals surface area contributed by atoms with Crippen LogP contribution >= 0.6 is 23.2 Å². The number of fused-ring (bicyclic) bond motifs is 1. The number of benzene rings is 1. The van der Waals surface area contributed by atoms with Crippen LogP contribution in [0.1, 0.15) is 5.56 Å². The summed E-state index contributed by atoms with van der Waals surface area (Å²) in [5, 5.41) is 0. The number of imidazole rings is 1. The monoisotopic (exact) mass is 212 g/mol. The van der Waals surface area contributed by atoms with Gasteiger partial charge in [-0.25, -0.2) is 4.98 Å². The molecule has 0 aliphatic heterocycles. The lowest BCUT2D eigenvalue weighted by atomic mass is 10.2. The van der Waals surface area contributed by atoms with Gasteiger partial charge in [-0.1, -0.05) is 29.3 Å². The number of hydrogen-bond acceptors (Lipinski definition) is 1. The summed E-state index contributed by atoms with van der Waals surface area (Å²) in [6, 6.07) is 5.77. The molecular weight excluding hydrogens is 207 g/mol. The molecule has 0 saturated carbocycles. The highest BCUT2D eigenvalue weighted by Crippen LogP contribution is 2.17. The third-order valence-electron chi connectivity index (χ3n) is 1.72. The molecule has 0 fully saturated rings. The zero-order chi connectivity index (χ0) is 9.26. The van der Waals surface area contributed by atoms with Crippen LogP contribution in [0.25, 0.3) is 17.1 Å². The van der Waals surface area contributed by atoms with Gasteiger partial charge in [-0.15, -0.1) is 0 Å². The van der Waals surface area contributed by atoms with Crippen LogP contribution in [0.15, 0.2) is 29.0 Å². The number of hydrogen-bond donors (Lipinski definition) is 1. The predicted molar refractivity (Wildman–Crippen MR) is 55.8 cm³/mol. The quantitative estimate of drug-likeness (QED) is 0.773. The molecule has 1 aromatic carbocycles. The molecule has 0 aliphatic carbocycles. The Bertz CT molecular complexity index is 455. The van der Waals surface area contributed by atoms with E-state index in [4.69, 9.17) is 23.2 Å². The van der Waals surface area contributed by atoms with Crippen molar-refractivity contribution in [1.82, 2.24) is 9.97 Å². The maximum atomic E-state index is 5.54. The minimum atomic E-state index is 0.245. The molecule has 4 heteroatoms. The highest BCUT2D eigenvalue weighted by atomic mass is 35.5. The highest BCUT2D eigenvalue weighted by molar-refractivity contribution is 6.57. The summed E-state index contributed by atoms with van der Waals surface area (Å²) in [5.41, 5.74) is 2.85. The Morgan fingerprint density at radius 2 is 2.23 bits per heavy atom. The van der Waals surface area contributed by atoms with Crippen molar-refractivity contribution < 1.29 is 0 Å². The smallest absolute Gasteiger partial charge is 0.107 e. The summed E-state index contributed by atoms with van der Waals surface area (Å²) in [4.78, 5) is 7.12. The zero-order valence-corrected chi connectivity index (χ0v) is 8.10. The van der Waals surface area contributed by atoms with Crippen molar-refractivity contribution in [1.29, 1.82) is 0 Å². The molecule has 2 rings (SSSR count). The molecule has 1 aromatic heterocycles. The first-order valence-electron chi connectivity index (χ1n) is 3.71. The van der Waals surface area contributed by atoms with E-state index < -0.39 is 0 Å². The van der Waals surface area contributed by atoms with Gasteiger partial charge in [0.05, 0.1) is 17.4 Å². The summed E-state index contributed by atoms with van der Waals surface area (Å²) >= 11 is 11.1. The number of aromatic amines is 1. The standard InChI is InChI=1S/C9H6Cl2N2/c10-9(11)4-6-1-2-7-8(3-6)13-5-12-7/h1-5H,(H,12,13). The van der Waals surface area contributed by atoms with E-state index in [0.29, 0.717) is 0 Å². The lowest BCUT2D eigenvalue weighted by Gasteiger charge is -1.92. The van der Waals surface area contributed by atoms with Crippen molar-refractivity contribution >= 4 is 40.3 Å². The van der Waals surface area contributed by atoms with Gasteiger partial charge in [0.15, 0.2) is 0 Å². The Kier molecular flexibility index (Phi) is 2.25. The molecule has 13 heavy (non-hydrogen) atoms. The maximum Gasteiger partial charge on any atom is 0.107 e. The molecule has 66 valence electrons. The van der Waals surface area contributed by atoms with E-state index in [9.17, 15) is 0 Å². The van der Waals surface area contributed by atoms with E-state index >= 15 is 0 Å². The Balaban J connectivity index is 2.54. The molecule has 2 nitrogen and oxygen atoms in total. The topological polar surface area (TPSA) is 28.7 Å². The highest BCUT2D eigenvalue weighted by Gasteiger charge is 1.96. The van der Waals surface area contributed by atoms with Crippen LogP contribution in [0.2, 0.25) is 0 Å². The summed E-state index contributed by atoms with van der Waals surface area (Å²) in [7, 11) is 0. The fourth-order valence-corrected chi connectivity index (χ4v) is 1.42. The van der Waals surface area contributed by atoms with E-state index in [1.165, 1.54) is 0 Å². The van der Waals surface area contributed by atoms with E-state index in [-0.39, 0.29) is 4.49 Å². The van der Waals surface area contributed by atoms with Crippen LogP contribution in [-0.2, 0) is 0 Å². The molecule has 0 unspecified atom stereocenters. The van der Waals surface area contributed by atoms with Crippen molar-refractivity contribution in [3.05, 3.63) is 34.6 Å². The van der Waals surface area contributed by atoms with Gasteiger partial charge < -0.3 is 4.98 Å². The van der Waals surface area contributed by atoms with Gasteiger partial charge in [-0.2, -0.15) is 0 Å². The summed E-state index contributed by atoms with van der Waals surface area (Å²) in [6.45, 7) is 0. The number of aromatic nitrogens is 2. The van der Waals surface area contributed by atoms with Crippen molar-refractivity contribution in [3.63, 3.8) is 0 Å². The molecule has 0 saturated heterocycles. The van der Waals surface area contributed by atoms with Gasteiger partial charge >= 0.3 is 0 Å². The van der Waals surface area contributed by atoms with Gasteiger partial charge in [0.1, 0.15) is 4.49 Å². The minimum Gasteiger partial charge on any atom is -0.345 e. The molecule has 0 radical (unpaired) electrons. The van der Waals surface area contributed by atoms with Crippen LogP contribution in [0.3, 0.4) is 0 Å². The number of H-pyrrole nitrogens is 1. The van der Waals surface area contributed by atoms with Crippen molar-refractivity contribution in [2.24, 2.45) is 0 Å². The van der Waals surface area contributed by atoms with Crippen molar-refractivity contribution in [3.8, 4) is 0 Å². The van der Waals surface area contributed by atoms with Crippen LogP contribution in [0.5, 0.6) is 0 Å². The largest absolute Gasteiger partial charge is 0.345 e. The Labute approximate surface area is 85.2 Å². The van der Waals surface area contributed by atoms with Gasteiger partial charge in [-0.3, -0.25) is 0 Å². The van der Waals surface area contributed by atoms with E-state index in [0.717, 1.165) is 16.6 Å². The average Bonchev–Trinajstić information content (AvgIpc) is 2.49. The maximum absolute atomic E-state index is 5.54. The zero-order valence-electron chi connectivity index (χ0n) is 6.59. The predicted octanol–water partition coefficient (Wildman–Crippen LogP) is 3.34. The van der Waals surface area contributed by atoms with Gasteiger partial charge in [0.2, 0.25) is 0 Å². The minimum absolute atomic E-state index is 0.245. The Morgan fingerprint density at radius 3 is 3.00 bits per heavy atom. The SMILES string of the molecule is ClC(Cl)=Cc1ccc2[nH]cnc2c1. The second-order valence-electron chi connectivity index (χ2n) is 2.61. The van der Waals surface area contributed by atoms with Gasteiger partial charge in [0, 0.05) is 0 Å². The van der Waals surface area contributed by atoms with Crippen molar-refractivity contribution in [2.45, 2.75) is 0 Å². The lowest BCUT2D eigenvalue weighted by Crippen LogP contribution is -1.73. The first-order chi connectivity index (χ1) is 6.25. The van der Waals surface area contributed by atoms with Crippen LogP contribution in [-0.4, -0.2) is 9.97 Å². The summed E-state index contributed by atoms with van der Waals surface area (Å²) in [6.07, 6.45) is 3.33. The number of rotatable bonds is 1. The number of halogens is 2.